The molecule has 0 saturated heterocycles. The van der Waals surface area contributed by atoms with Gasteiger partial charge in [-0.3, -0.25) is 4.98 Å². The van der Waals surface area contributed by atoms with Gasteiger partial charge < -0.3 is 14.9 Å². The van der Waals surface area contributed by atoms with Gasteiger partial charge in [0.1, 0.15) is 6.10 Å². The van der Waals surface area contributed by atoms with Gasteiger partial charge in [0, 0.05) is 6.20 Å². The van der Waals surface area contributed by atoms with Crippen LogP contribution in [-0.2, 0) is 9.53 Å². The smallest absolute Gasteiger partial charge is 0.338 e. The van der Waals surface area contributed by atoms with Crippen LogP contribution in [0, 0.1) is 0 Å². The fourth-order valence-corrected chi connectivity index (χ4v) is 1.35. The number of halogens is 1. The van der Waals surface area contributed by atoms with E-state index in [0.29, 0.717) is 0 Å². The average Bonchev–Trinajstić information content (AvgIpc) is 2.28. The second kappa shape index (κ2) is 5.79. The summed E-state index contributed by atoms with van der Waals surface area (Å²) in [7, 11) is 0. The van der Waals surface area contributed by atoms with Gasteiger partial charge in [-0.05, 0) is 19.1 Å². The second-order valence-electron chi connectivity index (χ2n) is 3.01. The van der Waals surface area contributed by atoms with Crippen molar-refractivity contribution in [3.05, 3.63) is 29.0 Å². The molecule has 0 aromatic carbocycles. The molecule has 0 fully saturated rings. The Hall–Kier alpha value is -1.17. The zero-order valence-corrected chi connectivity index (χ0v) is 9.39. The molecule has 0 amide bonds. The first kappa shape index (κ1) is 12.9. The number of hydrogen-bond donors (Lipinski definition) is 2. The highest BCUT2D eigenvalue weighted by Gasteiger charge is 2.29. The average molecular weight is 246 g/mol. The molecule has 2 N–H and O–H groups in total. The Bertz CT molecular complexity index is 372. The lowest BCUT2D eigenvalue weighted by Gasteiger charge is -2.16. The monoisotopic (exact) mass is 245 g/mol. The minimum atomic E-state index is -1.69. The highest BCUT2D eigenvalue weighted by Crippen LogP contribution is 2.23. The van der Waals surface area contributed by atoms with Crippen LogP contribution in [0.2, 0.25) is 5.02 Å². The summed E-state index contributed by atoms with van der Waals surface area (Å²) in [4.78, 5) is 15.0. The molecular weight excluding hydrogens is 234 g/mol. The van der Waals surface area contributed by atoms with Crippen LogP contribution in [0.3, 0.4) is 0 Å². The molecule has 88 valence electrons. The van der Waals surface area contributed by atoms with E-state index >= 15 is 0 Å². The van der Waals surface area contributed by atoms with Gasteiger partial charge in [0.05, 0.1) is 17.3 Å². The molecule has 2 unspecified atom stereocenters. The molecule has 0 aliphatic carbocycles. The Morgan fingerprint density at radius 3 is 2.88 bits per heavy atom. The molecule has 0 aliphatic heterocycles. The standard InChI is InChI=1S/C10H12ClNO4/c1-2-16-10(15)9(14)8(13)7-6(11)4-3-5-12-7/h3-5,8-9,13-14H,2H2,1H3. The third kappa shape index (κ3) is 2.91. The third-order valence-corrected chi connectivity index (χ3v) is 2.21. The second-order valence-corrected chi connectivity index (χ2v) is 3.42. The Morgan fingerprint density at radius 2 is 2.31 bits per heavy atom. The van der Waals surface area contributed by atoms with Gasteiger partial charge in [-0.25, -0.2) is 4.79 Å². The Kier molecular flexibility index (Phi) is 4.67. The number of aliphatic hydroxyl groups excluding tert-OH is 2. The van der Waals surface area contributed by atoms with Crippen LogP contribution in [-0.4, -0.2) is 33.9 Å². The number of carbonyl (C=O) groups is 1. The maximum Gasteiger partial charge on any atom is 0.338 e. The summed E-state index contributed by atoms with van der Waals surface area (Å²) < 4.78 is 4.57. The molecule has 1 aromatic heterocycles. The van der Waals surface area contributed by atoms with Crippen LogP contribution >= 0.6 is 11.6 Å². The number of esters is 1. The highest BCUT2D eigenvalue weighted by atomic mass is 35.5. The number of nitrogens with zero attached hydrogens (tertiary/aromatic N) is 1. The van der Waals surface area contributed by atoms with Crippen LogP contribution in [0.1, 0.15) is 18.7 Å². The number of rotatable bonds is 4. The number of pyridine rings is 1. The van der Waals surface area contributed by atoms with Crippen molar-refractivity contribution in [2.24, 2.45) is 0 Å². The van der Waals surface area contributed by atoms with Crippen molar-refractivity contribution in [2.45, 2.75) is 19.1 Å². The van der Waals surface area contributed by atoms with E-state index in [2.05, 4.69) is 9.72 Å². The summed E-state index contributed by atoms with van der Waals surface area (Å²) in [5.41, 5.74) is 0.0460. The lowest BCUT2D eigenvalue weighted by atomic mass is 10.1. The highest BCUT2D eigenvalue weighted by molar-refractivity contribution is 6.31. The van der Waals surface area contributed by atoms with Gasteiger partial charge in [-0.2, -0.15) is 0 Å². The summed E-state index contributed by atoms with van der Waals surface area (Å²) in [5, 5.41) is 19.3. The SMILES string of the molecule is CCOC(=O)C(O)C(O)c1ncccc1Cl. The lowest BCUT2D eigenvalue weighted by Crippen LogP contribution is -2.30. The topological polar surface area (TPSA) is 79.7 Å². The molecule has 5 nitrogen and oxygen atoms in total. The predicted octanol–water partition coefficient (Wildman–Crippen LogP) is 0.692. The van der Waals surface area contributed by atoms with E-state index in [0.717, 1.165) is 0 Å². The zero-order valence-electron chi connectivity index (χ0n) is 8.63. The number of carbonyl (C=O) groups excluding carboxylic acids is 1. The molecule has 6 heteroatoms. The maximum absolute atomic E-state index is 11.2. The van der Waals surface area contributed by atoms with E-state index in [1.807, 2.05) is 0 Å². The number of ether oxygens (including phenoxy) is 1. The summed E-state index contributed by atoms with van der Waals surface area (Å²) >= 11 is 5.76. The minimum Gasteiger partial charge on any atom is -0.464 e. The number of aliphatic hydroxyl groups is 2. The fourth-order valence-electron chi connectivity index (χ4n) is 1.12. The first-order valence-electron chi connectivity index (χ1n) is 4.71. The molecule has 1 rings (SSSR count). The van der Waals surface area contributed by atoms with Crippen molar-refractivity contribution in [1.29, 1.82) is 0 Å². The molecular formula is C10H12ClNO4. The fraction of sp³-hybridized carbons (Fsp3) is 0.400. The number of hydrogen-bond acceptors (Lipinski definition) is 5. The van der Waals surface area contributed by atoms with Crippen LogP contribution in [0.15, 0.2) is 18.3 Å². The van der Waals surface area contributed by atoms with Crippen molar-refractivity contribution in [3.63, 3.8) is 0 Å². The van der Waals surface area contributed by atoms with Crippen molar-refractivity contribution >= 4 is 17.6 Å². The molecule has 0 radical (unpaired) electrons. The molecule has 2 atom stereocenters. The van der Waals surface area contributed by atoms with Gasteiger partial charge in [-0.15, -0.1) is 0 Å². The molecule has 0 spiro atoms. The van der Waals surface area contributed by atoms with E-state index < -0.39 is 18.2 Å². The van der Waals surface area contributed by atoms with Crippen LogP contribution < -0.4 is 0 Å². The predicted molar refractivity (Wildman–Crippen MR) is 56.8 cm³/mol. The molecule has 0 bridgehead atoms. The van der Waals surface area contributed by atoms with Crippen LogP contribution in [0.25, 0.3) is 0 Å². The Balaban J connectivity index is 2.82. The first-order valence-corrected chi connectivity index (χ1v) is 5.09. The molecule has 1 heterocycles. The van der Waals surface area contributed by atoms with E-state index in [-0.39, 0.29) is 17.3 Å². The van der Waals surface area contributed by atoms with E-state index in [1.165, 1.54) is 12.3 Å². The zero-order chi connectivity index (χ0) is 12.1. The van der Waals surface area contributed by atoms with Gasteiger partial charge >= 0.3 is 5.97 Å². The van der Waals surface area contributed by atoms with Crippen LogP contribution in [0.5, 0.6) is 0 Å². The molecule has 0 aliphatic rings. The quantitative estimate of drug-likeness (QED) is 0.763. The normalized spacial score (nSPS) is 14.2. The molecule has 16 heavy (non-hydrogen) atoms. The first-order chi connectivity index (χ1) is 7.57. The summed E-state index contributed by atoms with van der Waals surface area (Å²) in [6.07, 6.45) is -1.78. The van der Waals surface area contributed by atoms with Gasteiger partial charge in [0.25, 0.3) is 0 Å². The molecule has 1 aromatic rings. The van der Waals surface area contributed by atoms with Crippen molar-refractivity contribution in [2.75, 3.05) is 6.61 Å². The van der Waals surface area contributed by atoms with E-state index in [1.54, 1.807) is 13.0 Å². The summed E-state index contributed by atoms with van der Waals surface area (Å²) in [5.74, 6) is -0.906. The van der Waals surface area contributed by atoms with Gasteiger partial charge in [0.2, 0.25) is 0 Å². The van der Waals surface area contributed by atoms with Crippen LogP contribution in [0.4, 0.5) is 0 Å². The van der Waals surface area contributed by atoms with Gasteiger partial charge in [0.15, 0.2) is 6.10 Å². The van der Waals surface area contributed by atoms with Crippen molar-refractivity contribution < 1.29 is 19.7 Å². The lowest BCUT2D eigenvalue weighted by molar-refractivity contribution is -0.159. The number of aromatic nitrogens is 1. The maximum atomic E-state index is 11.2. The van der Waals surface area contributed by atoms with E-state index in [4.69, 9.17) is 11.6 Å². The third-order valence-electron chi connectivity index (χ3n) is 1.89. The Morgan fingerprint density at radius 1 is 1.62 bits per heavy atom. The molecule has 0 saturated carbocycles. The minimum absolute atomic E-state index is 0.0460. The van der Waals surface area contributed by atoms with Crippen molar-refractivity contribution in [1.82, 2.24) is 4.98 Å². The van der Waals surface area contributed by atoms with Crippen molar-refractivity contribution in [3.8, 4) is 0 Å². The Labute approximate surface area is 97.6 Å². The van der Waals surface area contributed by atoms with Gasteiger partial charge in [-0.1, -0.05) is 11.6 Å². The largest absolute Gasteiger partial charge is 0.464 e. The summed E-state index contributed by atoms with van der Waals surface area (Å²) in [6, 6.07) is 3.08. The summed E-state index contributed by atoms with van der Waals surface area (Å²) in [6.45, 7) is 1.73. The van der Waals surface area contributed by atoms with E-state index in [9.17, 15) is 15.0 Å².